The van der Waals surface area contributed by atoms with Crippen molar-refractivity contribution in [2.24, 2.45) is 0 Å². The van der Waals surface area contributed by atoms with Crippen molar-refractivity contribution in [2.45, 2.75) is 25.9 Å². The Balaban J connectivity index is 1.55. The number of amides is 1. The van der Waals surface area contributed by atoms with Gasteiger partial charge in [0.2, 0.25) is 6.79 Å². The van der Waals surface area contributed by atoms with Gasteiger partial charge in [-0.15, -0.1) is 0 Å². The van der Waals surface area contributed by atoms with Gasteiger partial charge in [-0.05, 0) is 49.6 Å². The SMILES string of the molecule is COc1ccc(C)c2sc(N(CC3CCCO3)C(=O)c3ccc4c(c3)OCO4)nc12. The molecule has 1 fully saturated rings. The molecule has 1 unspecified atom stereocenters. The van der Waals surface area contributed by atoms with Gasteiger partial charge < -0.3 is 18.9 Å². The van der Waals surface area contributed by atoms with Crippen molar-refractivity contribution in [1.82, 2.24) is 4.98 Å². The van der Waals surface area contributed by atoms with Gasteiger partial charge in [-0.2, -0.15) is 0 Å². The normalized spacial score (nSPS) is 17.5. The van der Waals surface area contributed by atoms with Crippen LogP contribution in [0.2, 0.25) is 0 Å². The van der Waals surface area contributed by atoms with Gasteiger partial charge >= 0.3 is 0 Å². The van der Waals surface area contributed by atoms with Crippen molar-refractivity contribution in [3.05, 3.63) is 41.5 Å². The van der Waals surface area contributed by atoms with Gasteiger partial charge in [0, 0.05) is 12.2 Å². The maximum Gasteiger partial charge on any atom is 0.260 e. The van der Waals surface area contributed by atoms with Gasteiger partial charge in [0.25, 0.3) is 5.91 Å². The number of carbonyl (C=O) groups excluding carboxylic acids is 1. The van der Waals surface area contributed by atoms with Gasteiger partial charge in [0.05, 0.1) is 24.5 Å². The molecule has 2 aromatic carbocycles. The smallest absolute Gasteiger partial charge is 0.260 e. The van der Waals surface area contributed by atoms with Crippen LogP contribution in [0, 0.1) is 6.92 Å². The molecule has 3 heterocycles. The average molecular weight is 426 g/mol. The molecule has 1 aromatic heterocycles. The molecule has 2 aliphatic heterocycles. The monoisotopic (exact) mass is 426 g/mol. The van der Waals surface area contributed by atoms with E-state index in [9.17, 15) is 4.79 Å². The molecular formula is C22H22N2O5S. The van der Waals surface area contributed by atoms with Crippen molar-refractivity contribution in [2.75, 3.05) is 32.0 Å². The Hall–Kier alpha value is -2.84. The number of fused-ring (bicyclic) bond motifs is 2. The number of anilines is 1. The summed E-state index contributed by atoms with van der Waals surface area (Å²) in [6.45, 7) is 3.38. The number of hydrogen-bond acceptors (Lipinski definition) is 7. The summed E-state index contributed by atoms with van der Waals surface area (Å²) in [7, 11) is 1.63. The number of nitrogens with zero attached hydrogens (tertiary/aromatic N) is 2. The molecule has 3 aromatic rings. The minimum atomic E-state index is -0.139. The second-order valence-corrected chi connectivity index (χ2v) is 8.36. The van der Waals surface area contributed by atoms with E-state index in [1.54, 1.807) is 30.2 Å². The lowest BCUT2D eigenvalue weighted by molar-refractivity contribution is 0.0917. The van der Waals surface area contributed by atoms with Crippen LogP contribution >= 0.6 is 11.3 Å². The number of aryl methyl sites for hydroxylation is 1. The van der Waals surface area contributed by atoms with Crippen LogP contribution in [0.4, 0.5) is 5.13 Å². The molecule has 0 radical (unpaired) electrons. The van der Waals surface area contributed by atoms with Crippen LogP contribution in [0.25, 0.3) is 10.2 Å². The third kappa shape index (κ3) is 3.36. The van der Waals surface area contributed by atoms with Gasteiger partial charge in [-0.25, -0.2) is 4.98 Å². The van der Waals surface area contributed by atoms with E-state index in [1.165, 1.54) is 11.3 Å². The molecule has 0 aliphatic carbocycles. The fourth-order valence-corrected chi connectivity index (χ4v) is 4.86. The van der Waals surface area contributed by atoms with Crippen molar-refractivity contribution in [3.8, 4) is 17.2 Å². The molecule has 0 saturated carbocycles. The average Bonchev–Trinajstić information content (AvgIpc) is 3.51. The minimum Gasteiger partial charge on any atom is -0.494 e. The Labute approximate surface area is 178 Å². The Morgan fingerprint density at radius 1 is 1.27 bits per heavy atom. The lowest BCUT2D eigenvalue weighted by Crippen LogP contribution is -2.37. The number of thiazole rings is 1. The lowest BCUT2D eigenvalue weighted by Gasteiger charge is -2.23. The van der Waals surface area contributed by atoms with Crippen molar-refractivity contribution < 1.29 is 23.7 Å². The first-order chi connectivity index (χ1) is 14.6. The Morgan fingerprint density at radius 3 is 2.93 bits per heavy atom. The van der Waals surface area contributed by atoms with E-state index >= 15 is 0 Å². The number of benzene rings is 2. The summed E-state index contributed by atoms with van der Waals surface area (Å²) in [4.78, 5) is 20.1. The van der Waals surface area contributed by atoms with Gasteiger partial charge in [0.15, 0.2) is 16.6 Å². The summed E-state index contributed by atoms with van der Waals surface area (Å²) in [6.07, 6.45) is 1.93. The molecule has 1 atom stereocenters. The molecule has 2 aliphatic rings. The predicted octanol–water partition coefficient (Wildman–Crippen LogP) is 4.17. The Kier molecular flexibility index (Phi) is 4.96. The maximum atomic E-state index is 13.6. The summed E-state index contributed by atoms with van der Waals surface area (Å²) in [5.41, 5.74) is 2.40. The zero-order chi connectivity index (χ0) is 20.7. The first-order valence-electron chi connectivity index (χ1n) is 9.91. The number of ether oxygens (including phenoxy) is 4. The van der Waals surface area contributed by atoms with Crippen LogP contribution in [-0.2, 0) is 4.74 Å². The van der Waals surface area contributed by atoms with Gasteiger partial charge in [-0.3, -0.25) is 9.69 Å². The highest BCUT2D eigenvalue weighted by Gasteiger charge is 2.29. The standard InChI is InChI=1S/C22H22N2O5S/c1-13-5-7-17(26-2)19-20(13)30-22(23-19)24(11-15-4-3-9-27-15)21(25)14-6-8-16-18(10-14)29-12-28-16/h5-8,10,15H,3-4,9,11-12H2,1-2H3. The third-order valence-corrected chi connectivity index (χ3v) is 6.63. The van der Waals surface area contributed by atoms with Gasteiger partial charge in [-0.1, -0.05) is 17.4 Å². The van der Waals surface area contributed by atoms with Crippen molar-refractivity contribution in [3.63, 3.8) is 0 Å². The van der Waals surface area contributed by atoms with E-state index in [2.05, 4.69) is 0 Å². The number of aromatic nitrogens is 1. The molecule has 0 spiro atoms. The molecule has 0 bridgehead atoms. The number of rotatable bonds is 5. The zero-order valence-electron chi connectivity index (χ0n) is 16.8. The van der Waals surface area contributed by atoms with Crippen molar-refractivity contribution >= 4 is 32.6 Å². The van der Waals surface area contributed by atoms with Crippen LogP contribution in [0.5, 0.6) is 17.2 Å². The number of hydrogen-bond donors (Lipinski definition) is 0. The first-order valence-corrected chi connectivity index (χ1v) is 10.7. The highest BCUT2D eigenvalue weighted by molar-refractivity contribution is 7.22. The minimum absolute atomic E-state index is 0.00188. The molecule has 0 N–H and O–H groups in total. The van der Waals surface area contributed by atoms with Crippen LogP contribution in [0.15, 0.2) is 30.3 Å². The molecular weight excluding hydrogens is 404 g/mol. The second kappa shape index (κ2) is 7.77. The summed E-state index contributed by atoms with van der Waals surface area (Å²) >= 11 is 1.50. The Bertz CT molecular complexity index is 1110. The number of methoxy groups -OCH3 is 1. The second-order valence-electron chi connectivity index (χ2n) is 7.38. The van der Waals surface area contributed by atoms with Crippen LogP contribution in [0.1, 0.15) is 28.8 Å². The highest BCUT2D eigenvalue weighted by Crippen LogP contribution is 2.38. The molecule has 1 saturated heterocycles. The van der Waals surface area contributed by atoms with E-state index in [0.717, 1.165) is 35.2 Å². The summed E-state index contributed by atoms with van der Waals surface area (Å²) in [5.74, 6) is 1.79. The molecule has 156 valence electrons. The summed E-state index contributed by atoms with van der Waals surface area (Å²) in [5, 5.41) is 0.635. The Morgan fingerprint density at radius 2 is 2.13 bits per heavy atom. The molecule has 7 nitrogen and oxygen atoms in total. The number of carbonyl (C=O) groups is 1. The fraction of sp³-hybridized carbons (Fsp3) is 0.364. The zero-order valence-corrected chi connectivity index (χ0v) is 17.7. The van der Waals surface area contributed by atoms with E-state index in [4.69, 9.17) is 23.9 Å². The molecule has 30 heavy (non-hydrogen) atoms. The topological polar surface area (TPSA) is 70.1 Å². The van der Waals surface area contributed by atoms with Crippen LogP contribution in [-0.4, -0.2) is 44.0 Å². The van der Waals surface area contributed by atoms with E-state index in [1.807, 2.05) is 19.1 Å². The third-order valence-electron chi connectivity index (χ3n) is 5.42. The summed E-state index contributed by atoms with van der Waals surface area (Å²) < 4.78 is 23.2. The van der Waals surface area contributed by atoms with E-state index < -0.39 is 0 Å². The summed E-state index contributed by atoms with van der Waals surface area (Å²) in [6, 6.07) is 9.17. The lowest BCUT2D eigenvalue weighted by atomic mass is 10.1. The largest absolute Gasteiger partial charge is 0.494 e. The molecule has 1 amide bonds. The quantitative estimate of drug-likeness (QED) is 0.610. The molecule has 5 rings (SSSR count). The van der Waals surface area contributed by atoms with E-state index in [0.29, 0.717) is 34.5 Å². The molecule has 8 heteroatoms. The van der Waals surface area contributed by atoms with Gasteiger partial charge in [0.1, 0.15) is 11.3 Å². The fourth-order valence-electron chi connectivity index (χ4n) is 3.80. The first kappa shape index (κ1) is 19.1. The maximum absolute atomic E-state index is 13.6. The van der Waals surface area contributed by atoms with Crippen LogP contribution in [0.3, 0.4) is 0 Å². The van der Waals surface area contributed by atoms with Crippen LogP contribution < -0.4 is 19.1 Å². The van der Waals surface area contributed by atoms with Crippen molar-refractivity contribution in [1.29, 1.82) is 0 Å². The predicted molar refractivity (Wildman–Crippen MR) is 114 cm³/mol. The highest BCUT2D eigenvalue weighted by atomic mass is 32.1. The van der Waals surface area contributed by atoms with E-state index in [-0.39, 0.29) is 18.8 Å².